The van der Waals surface area contributed by atoms with E-state index < -0.39 is 29.6 Å². The molecule has 0 saturated heterocycles. The number of ether oxygens (including phenoxy) is 1. The third-order valence-corrected chi connectivity index (χ3v) is 2.77. The van der Waals surface area contributed by atoms with E-state index in [-0.39, 0.29) is 26.2 Å². The average Bonchev–Trinajstić information content (AvgIpc) is 2.96. The molecule has 9 heteroatoms. The summed E-state index contributed by atoms with van der Waals surface area (Å²) in [6.45, 7) is 0.106. The summed E-state index contributed by atoms with van der Waals surface area (Å²) in [7, 11) is 0. The van der Waals surface area contributed by atoms with Crippen molar-refractivity contribution >= 4 is 29.6 Å². The number of hydrogen-bond acceptors (Lipinski definition) is 7. The molecule has 22 heavy (non-hydrogen) atoms. The van der Waals surface area contributed by atoms with Gasteiger partial charge in [0.05, 0.1) is 26.2 Å². The van der Waals surface area contributed by atoms with Crippen LogP contribution in [0, 0.1) is 0 Å². The van der Waals surface area contributed by atoms with E-state index in [0.717, 1.165) is 29.2 Å². The summed E-state index contributed by atoms with van der Waals surface area (Å²) in [5.41, 5.74) is 0. The van der Waals surface area contributed by atoms with Gasteiger partial charge in [-0.2, -0.15) is 0 Å². The third kappa shape index (κ3) is 3.64. The van der Waals surface area contributed by atoms with Gasteiger partial charge in [0.2, 0.25) is 0 Å². The van der Waals surface area contributed by atoms with E-state index in [1.807, 2.05) is 0 Å². The fourth-order valence-electron chi connectivity index (χ4n) is 1.69. The van der Waals surface area contributed by atoms with Crippen molar-refractivity contribution in [2.75, 3.05) is 19.8 Å². The van der Waals surface area contributed by atoms with Crippen LogP contribution in [-0.2, 0) is 33.5 Å². The Balaban J connectivity index is 1.60. The van der Waals surface area contributed by atoms with Gasteiger partial charge in [-0.15, -0.1) is 0 Å². The molecular weight excluding hydrogens is 296 g/mol. The highest BCUT2D eigenvalue weighted by molar-refractivity contribution is 6.13. The maximum absolute atomic E-state index is 11.4. The van der Waals surface area contributed by atoms with Gasteiger partial charge in [-0.05, 0) is 0 Å². The minimum atomic E-state index is -0.805. The van der Waals surface area contributed by atoms with Crippen LogP contribution in [0.2, 0.25) is 0 Å². The fraction of sp³-hybridized carbons (Fsp3) is 0.308. The Hall–Kier alpha value is -2.81. The largest absolute Gasteiger partial charge is 0.379 e. The highest BCUT2D eigenvalue weighted by atomic mass is 16.7. The lowest BCUT2D eigenvalue weighted by Gasteiger charge is -2.14. The molecule has 0 saturated carbocycles. The van der Waals surface area contributed by atoms with E-state index in [4.69, 9.17) is 4.74 Å². The molecule has 0 spiro atoms. The van der Waals surface area contributed by atoms with Crippen molar-refractivity contribution in [2.24, 2.45) is 0 Å². The lowest BCUT2D eigenvalue weighted by molar-refractivity contribution is -0.196. The van der Waals surface area contributed by atoms with Gasteiger partial charge >= 0.3 is 5.97 Å². The van der Waals surface area contributed by atoms with Gasteiger partial charge in [0, 0.05) is 24.3 Å². The topological polar surface area (TPSA) is 110 Å². The highest BCUT2D eigenvalue weighted by Gasteiger charge is 2.27. The Bertz CT molecular complexity index is 557. The zero-order chi connectivity index (χ0) is 16.1. The van der Waals surface area contributed by atoms with Gasteiger partial charge < -0.3 is 9.57 Å². The molecule has 0 bridgehead atoms. The molecule has 4 amide bonds. The van der Waals surface area contributed by atoms with E-state index in [9.17, 15) is 24.0 Å². The summed E-state index contributed by atoms with van der Waals surface area (Å²) < 4.78 is 5.10. The summed E-state index contributed by atoms with van der Waals surface area (Å²) in [6, 6.07) is 0. The molecule has 0 aromatic carbocycles. The van der Waals surface area contributed by atoms with Crippen LogP contribution in [0.4, 0.5) is 0 Å². The average molecular weight is 308 g/mol. The van der Waals surface area contributed by atoms with Crippen molar-refractivity contribution in [1.82, 2.24) is 9.96 Å². The fourth-order valence-corrected chi connectivity index (χ4v) is 1.69. The predicted molar refractivity (Wildman–Crippen MR) is 68.4 cm³/mol. The van der Waals surface area contributed by atoms with Crippen LogP contribution >= 0.6 is 0 Å². The molecule has 0 N–H and O–H groups in total. The first-order valence-corrected chi connectivity index (χ1v) is 6.37. The molecule has 0 atom stereocenters. The number of hydroxylamine groups is 2. The first-order valence-electron chi connectivity index (χ1n) is 6.37. The monoisotopic (exact) mass is 308 g/mol. The highest BCUT2D eigenvalue weighted by Crippen LogP contribution is 2.06. The zero-order valence-electron chi connectivity index (χ0n) is 11.4. The molecule has 9 nitrogen and oxygen atoms in total. The van der Waals surface area contributed by atoms with Crippen LogP contribution in [0.1, 0.15) is 6.42 Å². The molecule has 0 radical (unpaired) electrons. The number of nitrogens with zero attached hydrogens (tertiary/aromatic N) is 2. The molecule has 0 fully saturated rings. The van der Waals surface area contributed by atoms with Crippen molar-refractivity contribution in [2.45, 2.75) is 6.42 Å². The third-order valence-electron chi connectivity index (χ3n) is 2.77. The van der Waals surface area contributed by atoms with Crippen molar-refractivity contribution in [3.63, 3.8) is 0 Å². The molecule has 2 aliphatic rings. The molecule has 2 aliphatic heterocycles. The Morgan fingerprint density at radius 2 is 1.41 bits per heavy atom. The maximum atomic E-state index is 11.4. The number of carbonyl (C=O) groups is 5. The van der Waals surface area contributed by atoms with Crippen LogP contribution in [0.25, 0.3) is 0 Å². The van der Waals surface area contributed by atoms with Crippen molar-refractivity contribution in [3.05, 3.63) is 24.3 Å². The van der Waals surface area contributed by atoms with Gasteiger partial charge in [0.1, 0.15) is 0 Å². The van der Waals surface area contributed by atoms with Gasteiger partial charge in [0.15, 0.2) is 0 Å². The normalized spacial score (nSPS) is 17.1. The Morgan fingerprint density at radius 1 is 0.864 bits per heavy atom. The second-order valence-corrected chi connectivity index (χ2v) is 4.29. The van der Waals surface area contributed by atoms with Crippen molar-refractivity contribution in [1.29, 1.82) is 0 Å². The summed E-state index contributed by atoms with van der Waals surface area (Å²) in [5.74, 6) is -3.07. The number of carbonyl (C=O) groups excluding carboxylic acids is 5. The number of hydrogen-bond donors (Lipinski definition) is 0. The minimum Gasteiger partial charge on any atom is -0.379 e. The molecule has 0 unspecified atom stereocenters. The van der Waals surface area contributed by atoms with Crippen LogP contribution in [0.5, 0.6) is 0 Å². The molecule has 2 heterocycles. The molecule has 116 valence electrons. The minimum absolute atomic E-state index is 0.0356. The predicted octanol–water partition coefficient (Wildman–Crippen LogP) is -1.30. The Kier molecular flexibility index (Phi) is 4.79. The Morgan fingerprint density at radius 3 is 2.00 bits per heavy atom. The molecule has 0 aromatic rings. The van der Waals surface area contributed by atoms with Crippen LogP contribution in [0.3, 0.4) is 0 Å². The first kappa shape index (κ1) is 15.6. The number of imide groups is 2. The van der Waals surface area contributed by atoms with Gasteiger partial charge in [-0.25, -0.2) is 4.79 Å². The summed E-state index contributed by atoms with van der Waals surface area (Å²) in [4.78, 5) is 61.7. The quantitative estimate of drug-likeness (QED) is 0.424. The molecule has 0 aliphatic carbocycles. The first-order chi connectivity index (χ1) is 10.5. The molecule has 0 aromatic heterocycles. The standard InChI is InChI=1S/C13H12N2O7/c16-9-1-2-10(17)14(9)6-8-21-7-5-13(20)22-15-11(18)3-4-12(15)19/h1-4H,5-8H2. The molecular formula is C13H12N2O7. The lowest BCUT2D eigenvalue weighted by atomic mass is 10.4. The second kappa shape index (κ2) is 6.76. The van der Waals surface area contributed by atoms with Crippen molar-refractivity contribution in [3.8, 4) is 0 Å². The second-order valence-electron chi connectivity index (χ2n) is 4.29. The number of rotatable bonds is 7. The van der Waals surface area contributed by atoms with E-state index in [2.05, 4.69) is 4.84 Å². The van der Waals surface area contributed by atoms with Gasteiger partial charge in [-0.1, -0.05) is 5.06 Å². The molecule has 2 rings (SSSR count). The van der Waals surface area contributed by atoms with E-state index in [1.165, 1.54) is 0 Å². The van der Waals surface area contributed by atoms with Gasteiger partial charge in [-0.3, -0.25) is 24.1 Å². The van der Waals surface area contributed by atoms with Gasteiger partial charge in [0.25, 0.3) is 23.6 Å². The van der Waals surface area contributed by atoms with E-state index in [1.54, 1.807) is 0 Å². The van der Waals surface area contributed by atoms with Crippen LogP contribution in [0.15, 0.2) is 24.3 Å². The summed E-state index contributed by atoms with van der Waals surface area (Å²) >= 11 is 0. The van der Waals surface area contributed by atoms with Crippen LogP contribution < -0.4 is 0 Å². The zero-order valence-corrected chi connectivity index (χ0v) is 11.4. The lowest BCUT2D eigenvalue weighted by Crippen LogP contribution is -2.34. The van der Waals surface area contributed by atoms with Crippen LogP contribution in [-0.4, -0.2) is 59.3 Å². The van der Waals surface area contributed by atoms with E-state index >= 15 is 0 Å². The SMILES string of the molecule is O=C(CCOCCN1C(=O)C=CC1=O)ON1C(=O)C=CC1=O. The Labute approximate surface area is 124 Å². The number of amides is 4. The van der Waals surface area contributed by atoms with E-state index in [0.29, 0.717) is 5.06 Å². The van der Waals surface area contributed by atoms with Crippen molar-refractivity contribution < 1.29 is 33.5 Å². The maximum Gasteiger partial charge on any atom is 0.335 e. The smallest absolute Gasteiger partial charge is 0.335 e. The summed E-state index contributed by atoms with van der Waals surface area (Å²) in [5, 5.41) is 0.357. The summed E-state index contributed by atoms with van der Waals surface area (Å²) in [6.07, 6.45) is 4.13.